The largest absolute Gasteiger partial charge is 0.482 e. The summed E-state index contributed by atoms with van der Waals surface area (Å²) in [6, 6.07) is 6.85. The van der Waals surface area contributed by atoms with E-state index in [1.54, 1.807) is 18.1 Å². The maximum absolute atomic E-state index is 13.0. The molecule has 176 valence electrons. The van der Waals surface area contributed by atoms with Crippen LogP contribution < -0.4 is 10.1 Å². The lowest BCUT2D eigenvalue weighted by molar-refractivity contribution is -0.139. The molecule has 3 unspecified atom stereocenters. The first kappa shape index (κ1) is 24.9. The van der Waals surface area contributed by atoms with Gasteiger partial charge in [0.25, 0.3) is 0 Å². The Morgan fingerprint density at radius 3 is 2.69 bits per heavy atom. The van der Waals surface area contributed by atoms with Crippen molar-refractivity contribution in [2.24, 2.45) is 5.92 Å². The Balaban J connectivity index is 1.88. The van der Waals surface area contributed by atoms with Gasteiger partial charge < -0.3 is 29.9 Å². The fourth-order valence-corrected chi connectivity index (χ4v) is 4.31. The fourth-order valence-electron chi connectivity index (χ4n) is 3.80. The third-order valence-corrected chi connectivity index (χ3v) is 6.60. The van der Waals surface area contributed by atoms with Gasteiger partial charge in [-0.2, -0.15) is 0 Å². The molecular formula is C23H31IN2O6. The fraction of sp³-hybridized carbons (Fsp3) is 0.565. The van der Waals surface area contributed by atoms with Crippen LogP contribution in [0, 0.1) is 9.49 Å². The lowest BCUT2D eigenvalue weighted by Gasteiger charge is -2.40. The van der Waals surface area contributed by atoms with Gasteiger partial charge in [0, 0.05) is 32.2 Å². The van der Waals surface area contributed by atoms with Gasteiger partial charge >= 0.3 is 0 Å². The second-order valence-corrected chi connectivity index (χ2v) is 9.34. The highest BCUT2D eigenvalue weighted by Gasteiger charge is 2.42. The van der Waals surface area contributed by atoms with E-state index in [2.05, 4.69) is 27.9 Å². The van der Waals surface area contributed by atoms with Gasteiger partial charge in [-0.25, -0.2) is 0 Å². The number of carbonyl (C=O) groups excluding carboxylic acids is 2. The minimum atomic E-state index is -0.995. The molecular weight excluding hydrogens is 527 g/mol. The standard InChI is InChI=1S/C23H31IN2O6/c1-31-11-8-21(28)26(14-15-6-7-15)18-12-16(23(30)25-9-10-27)13-20(22(18)29)32-19-5-3-2-4-17(19)24/h2-5,13,15,18,20,22,27,29H,6-12,14H2,1H3,(H,25,30). The second-order valence-electron chi connectivity index (χ2n) is 8.18. The molecule has 0 saturated heterocycles. The number of aliphatic hydroxyl groups is 2. The predicted octanol–water partition coefficient (Wildman–Crippen LogP) is 1.48. The Labute approximate surface area is 202 Å². The highest BCUT2D eigenvalue weighted by Crippen LogP contribution is 2.34. The Kier molecular flexibility index (Phi) is 9.33. The molecule has 1 aromatic carbocycles. The van der Waals surface area contributed by atoms with Crippen LogP contribution in [-0.2, 0) is 14.3 Å². The number of rotatable bonds is 11. The normalized spacial score (nSPS) is 22.8. The number of hydrogen-bond donors (Lipinski definition) is 3. The number of ether oxygens (including phenoxy) is 2. The minimum absolute atomic E-state index is 0.104. The van der Waals surface area contributed by atoms with Gasteiger partial charge in [0.15, 0.2) is 0 Å². The number of carbonyl (C=O) groups is 2. The molecule has 1 aromatic rings. The number of aliphatic hydroxyl groups excluding tert-OH is 2. The monoisotopic (exact) mass is 558 g/mol. The topological polar surface area (TPSA) is 108 Å². The van der Waals surface area contributed by atoms with Crippen molar-refractivity contribution in [1.82, 2.24) is 10.2 Å². The van der Waals surface area contributed by atoms with E-state index in [1.165, 1.54) is 0 Å². The van der Waals surface area contributed by atoms with E-state index < -0.39 is 18.2 Å². The molecule has 1 saturated carbocycles. The first-order valence-electron chi connectivity index (χ1n) is 10.9. The van der Waals surface area contributed by atoms with E-state index in [9.17, 15) is 14.7 Å². The van der Waals surface area contributed by atoms with Crippen LogP contribution in [0.4, 0.5) is 0 Å². The second kappa shape index (κ2) is 12.0. The Hall–Kier alpha value is -1.69. The van der Waals surface area contributed by atoms with E-state index in [1.807, 2.05) is 24.3 Å². The van der Waals surface area contributed by atoms with Gasteiger partial charge in [-0.3, -0.25) is 9.59 Å². The highest BCUT2D eigenvalue weighted by atomic mass is 127. The summed E-state index contributed by atoms with van der Waals surface area (Å²) in [5.41, 5.74) is 0.435. The highest BCUT2D eigenvalue weighted by molar-refractivity contribution is 14.1. The summed E-state index contributed by atoms with van der Waals surface area (Å²) in [6.45, 7) is 0.802. The zero-order valence-electron chi connectivity index (χ0n) is 18.2. The summed E-state index contributed by atoms with van der Waals surface area (Å²) in [4.78, 5) is 27.4. The van der Waals surface area contributed by atoms with Gasteiger partial charge in [0.05, 0.1) is 29.2 Å². The van der Waals surface area contributed by atoms with Gasteiger partial charge in [-0.15, -0.1) is 0 Å². The molecule has 32 heavy (non-hydrogen) atoms. The van der Waals surface area contributed by atoms with Gasteiger partial charge in [0.1, 0.15) is 18.0 Å². The number of para-hydroxylation sites is 1. The van der Waals surface area contributed by atoms with Crippen LogP contribution >= 0.6 is 22.6 Å². The lowest BCUT2D eigenvalue weighted by Crippen LogP contribution is -2.55. The van der Waals surface area contributed by atoms with Gasteiger partial charge in [-0.1, -0.05) is 12.1 Å². The van der Waals surface area contributed by atoms with Crippen molar-refractivity contribution >= 4 is 34.4 Å². The maximum atomic E-state index is 13.0. The third-order valence-electron chi connectivity index (χ3n) is 5.71. The quantitative estimate of drug-likeness (QED) is 0.356. The van der Waals surface area contributed by atoms with Crippen LogP contribution in [-0.4, -0.2) is 78.6 Å². The number of nitrogens with one attached hydrogen (secondary N) is 1. The Morgan fingerprint density at radius 1 is 1.28 bits per heavy atom. The number of hydrogen-bond acceptors (Lipinski definition) is 6. The van der Waals surface area contributed by atoms with Crippen molar-refractivity contribution in [3.63, 3.8) is 0 Å². The zero-order chi connectivity index (χ0) is 23.1. The van der Waals surface area contributed by atoms with Crippen molar-refractivity contribution < 1.29 is 29.3 Å². The summed E-state index contributed by atoms with van der Waals surface area (Å²) in [6.07, 6.45) is 2.38. The molecule has 0 radical (unpaired) electrons. The molecule has 2 aliphatic carbocycles. The summed E-state index contributed by atoms with van der Waals surface area (Å²) < 4.78 is 12.1. The van der Waals surface area contributed by atoms with Crippen molar-refractivity contribution in [2.45, 2.75) is 43.9 Å². The minimum Gasteiger partial charge on any atom is -0.482 e. The Bertz CT molecular complexity index is 828. The van der Waals surface area contributed by atoms with E-state index in [4.69, 9.17) is 14.6 Å². The van der Waals surface area contributed by atoms with Gasteiger partial charge in [-0.05, 0) is 59.6 Å². The van der Waals surface area contributed by atoms with Crippen molar-refractivity contribution in [3.05, 3.63) is 39.5 Å². The Morgan fingerprint density at radius 2 is 2.03 bits per heavy atom. The molecule has 0 bridgehead atoms. The maximum Gasteiger partial charge on any atom is 0.247 e. The molecule has 0 spiro atoms. The van der Waals surface area contributed by atoms with Crippen LogP contribution in [0.25, 0.3) is 0 Å². The number of methoxy groups -OCH3 is 1. The third kappa shape index (κ3) is 6.66. The molecule has 2 aliphatic rings. The van der Waals surface area contributed by atoms with Crippen molar-refractivity contribution in [3.8, 4) is 5.75 Å². The number of amides is 2. The van der Waals surface area contributed by atoms with E-state index in [0.29, 0.717) is 30.4 Å². The number of halogens is 1. The van der Waals surface area contributed by atoms with E-state index in [-0.39, 0.29) is 37.8 Å². The molecule has 0 heterocycles. The van der Waals surface area contributed by atoms with Crippen LogP contribution in [0.2, 0.25) is 0 Å². The number of benzene rings is 1. The molecule has 9 heteroatoms. The molecule has 0 aliphatic heterocycles. The van der Waals surface area contributed by atoms with Gasteiger partial charge in [0.2, 0.25) is 11.8 Å². The molecule has 1 fully saturated rings. The molecule has 2 amide bonds. The molecule has 8 nitrogen and oxygen atoms in total. The summed E-state index contributed by atoms with van der Waals surface area (Å²) in [5, 5.41) is 23.0. The zero-order valence-corrected chi connectivity index (χ0v) is 20.4. The summed E-state index contributed by atoms with van der Waals surface area (Å²) >= 11 is 2.16. The summed E-state index contributed by atoms with van der Waals surface area (Å²) in [5.74, 6) is 0.584. The van der Waals surface area contributed by atoms with Crippen LogP contribution in [0.5, 0.6) is 5.75 Å². The molecule has 3 rings (SSSR count). The SMILES string of the molecule is COCCC(=O)N(CC1CC1)C1CC(C(=O)NCCO)=CC(Oc2ccccc2I)C1O. The van der Waals surface area contributed by atoms with Crippen LogP contribution in [0.3, 0.4) is 0 Å². The predicted molar refractivity (Wildman–Crippen MR) is 127 cm³/mol. The average Bonchev–Trinajstić information content (AvgIpc) is 3.61. The molecule has 0 aromatic heterocycles. The average molecular weight is 558 g/mol. The lowest BCUT2D eigenvalue weighted by atomic mass is 9.87. The van der Waals surface area contributed by atoms with E-state index in [0.717, 1.165) is 16.4 Å². The molecule has 3 N–H and O–H groups in total. The summed E-state index contributed by atoms with van der Waals surface area (Å²) in [7, 11) is 1.55. The van der Waals surface area contributed by atoms with Crippen molar-refractivity contribution in [2.75, 3.05) is 33.4 Å². The van der Waals surface area contributed by atoms with Crippen LogP contribution in [0.15, 0.2) is 35.9 Å². The first-order chi connectivity index (χ1) is 15.4. The first-order valence-corrected chi connectivity index (χ1v) is 12.0. The number of nitrogens with zero attached hydrogens (tertiary/aromatic N) is 1. The smallest absolute Gasteiger partial charge is 0.247 e. The molecule has 3 atom stereocenters. The van der Waals surface area contributed by atoms with Crippen molar-refractivity contribution in [1.29, 1.82) is 0 Å². The van der Waals surface area contributed by atoms with Crippen LogP contribution in [0.1, 0.15) is 25.7 Å². The van der Waals surface area contributed by atoms with E-state index >= 15 is 0 Å².